The van der Waals surface area contributed by atoms with E-state index in [1.165, 1.54) is 0 Å². The van der Waals surface area contributed by atoms with Crippen molar-refractivity contribution in [3.8, 4) is 0 Å². The Balaban J connectivity index is 3.20. The second-order valence-corrected chi connectivity index (χ2v) is 5.52. The molecule has 78 valence electrons. The van der Waals surface area contributed by atoms with Crippen LogP contribution in [0.5, 0.6) is 0 Å². The predicted octanol–water partition coefficient (Wildman–Crippen LogP) is 2.06. The molecule has 0 saturated carbocycles. The van der Waals surface area contributed by atoms with Crippen molar-refractivity contribution in [1.82, 2.24) is 4.72 Å². The van der Waals surface area contributed by atoms with Gasteiger partial charge in [-0.25, -0.2) is 13.1 Å². The maximum atomic E-state index is 11.6. The molecule has 0 radical (unpaired) electrons. The molecule has 0 atom stereocenters. The van der Waals surface area contributed by atoms with Gasteiger partial charge in [0, 0.05) is 11.0 Å². The van der Waals surface area contributed by atoms with Gasteiger partial charge in [0.1, 0.15) is 0 Å². The van der Waals surface area contributed by atoms with E-state index in [4.69, 9.17) is 0 Å². The monoisotopic (exact) mass is 277 g/mol. The maximum Gasteiger partial charge on any atom is 0.241 e. The third-order valence-corrected chi connectivity index (χ3v) is 4.23. The predicted molar refractivity (Wildman–Crippen MR) is 59.7 cm³/mol. The van der Waals surface area contributed by atoms with E-state index in [0.29, 0.717) is 11.0 Å². The van der Waals surface area contributed by atoms with E-state index < -0.39 is 10.0 Å². The van der Waals surface area contributed by atoms with Gasteiger partial charge in [0.15, 0.2) is 0 Å². The van der Waals surface area contributed by atoms with Crippen molar-refractivity contribution >= 4 is 26.0 Å². The van der Waals surface area contributed by atoms with Crippen LogP contribution in [0.15, 0.2) is 27.6 Å². The number of sulfonamides is 1. The van der Waals surface area contributed by atoms with E-state index in [-0.39, 0.29) is 4.90 Å². The lowest BCUT2D eigenvalue weighted by Gasteiger charge is -2.06. The molecule has 0 aromatic heterocycles. The van der Waals surface area contributed by atoms with Gasteiger partial charge in [-0.15, -0.1) is 0 Å². The molecule has 1 aromatic rings. The molecule has 0 saturated heterocycles. The van der Waals surface area contributed by atoms with Crippen LogP contribution in [0.2, 0.25) is 0 Å². The highest BCUT2D eigenvalue weighted by atomic mass is 79.9. The average molecular weight is 278 g/mol. The van der Waals surface area contributed by atoms with Crippen LogP contribution in [0, 0.1) is 6.92 Å². The number of rotatable bonds is 3. The molecule has 3 nitrogen and oxygen atoms in total. The topological polar surface area (TPSA) is 46.2 Å². The molecule has 1 aromatic carbocycles. The Kier molecular flexibility index (Phi) is 3.69. The molecule has 0 heterocycles. The molecule has 0 unspecified atom stereocenters. The first-order valence-electron chi connectivity index (χ1n) is 4.23. The summed E-state index contributed by atoms with van der Waals surface area (Å²) in [6.07, 6.45) is 0. The highest BCUT2D eigenvalue weighted by molar-refractivity contribution is 9.10. The number of benzene rings is 1. The molecule has 0 fully saturated rings. The number of halogens is 1. The fourth-order valence-corrected chi connectivity index (χ4v) is 3.32. The van der Waals surface area contributed by atoms with Gasteiger partial charge in [-0.1, -0.05) is 13.0 Å². The van der Waals surface area contributed by atoms with Crippen LogP contribution >= 0.6 is 15.9 Å². The van der Waals surface area contributed by atoms with Gasteiger partial charge in [-0.2, -0.15) is 0 Å². The zero-order valence-electron chi connectivity index (χ0n) is 8.04. The zero-order valence-corrected chi connectivity index (χ0v) is 10.4. The van der Waals surface area contributed by atoms with E-state index in [2.05, 4.69) is 20.7 Å². The van der Waals surface area contributed by atoms with Gasteiger partial charge in [0.2, 0.25) is 10.0 Å². The minimum Gasteiger partial charge on any atom is -0.211 e. The molecule has 0 aliphatic carbocycles. The molecular weight excluding hydrogens is 266 g/mol. The second-order valence-electron chi connectivity index (χ2n) is 2.94. The lowest BCUT2D eigenvalue weighted by atomic mass is 10.2. The molecule has 0 amide bonds. The summed E-state index contributed by atoms with van der Waals surface area (Å²) in [5.74, 6) is 0. The minimum atomic E-state index is -3.35. The summed E-state index contributed by atoms with van der Waals surface area (Å²) in [6, 6.07) is 5.15. The fourth-order valence-electron chi connectivity index (χ4n) is 1.09. The van der Waals surface area contributed by atoms with Crippen molar-refractivity contribution in [3.05, 3.63) is 28.2 Å². The van der Waals surface area contributed by atoms with Crippen LogP contribution in [-0.2, 0) is 10.0 Å². The van der Waals surface area contributed by atoms with Crippen molar-refractivity contribution < 1.29 is 8.42 Å². The molecule has 14 heavy (non-hydrogen) atoms. The van der Waals surface area contributed by atoms with Crippen molar-refractivity contribution in [2.45, 2.75) is 18.7 Å². The summed E-state index contributed by atoms with van der Waals surface area (Å²) in [5.41, 5.74) is 1.02. The lowest BCUT2D eigenvalue weighted by Crippen LogP contribution is -2.23. The Morgan fingerprint density at radius 1 is 1.43 bits per heavy atom. The fraction of sp³-hybridized carbons (Fsp3) is 0.333. The van der Waals surface area contributed by atoms with Gasteiger partial charge >= 0.3 is 0 Å². The van der Waals surface area contributed by atoms with Crippen molar-refractivity contribution in [2.24, 2.45) is 0 Å². The standard InChI is InChI=1S/C9H12BrNO2S/c1-3-11-14(12,13)9-5-4-7(2)6-8(9)10/h4-6,11H,3H2,1-2H3. The average Bonchev–Trinajstić information content (AvgIpc) is 2.02. The number of hydrogen-bond donors (Lipinski definition) is 1. The van der Waals surface area contributed by atoms with Crippen LogP contribution in [-0.4, -0.2) is 15.0 Å². The number of nitrogens with one attached hydrogen (secondary N) is 1. The Hall–Kier alpha value is -0.390. The maximum absolute atomic E-state index is 11.6. The van der Waals surface area contributed by atoms with Crippen molar-refractivity contribution in [2.75, 3.05) is 6.54 Å². The zero-order chi connectivity index (χ0) is 10.8. The molecule has 0 aliphatic heterocycles. The highest BCUT2D eigenvalue weighted by Crippen LogP contribution is 2.22. The van der Waals surface area contributed by atoms with E-state index in [1.807, 2.05) is 6.92 Å². The van der Waals surface area contributed by atoms with Crippen LogP contribution in [0.3, 0.4) is 0 Å². The first-order valence-corrected chi connectivity index (χ1v) is 6.51. The van der Waals surface area contributed by atoms with E-state index in [1.54, 1.807) is 25.1 Å². The smallest absolute Gasteiger partial charge is 0.211 e. The number of aryl methyl sites for hydroxylation is 1. The third-order valence-electron chi connectivity index (χ3n) is 1.71. The van der Waals surface area contributed by atoms with Crippen LogP contribution in [0.4, 0.5) is 0 Å². The molecule has 0 bridgehead atoms. The van der Waals surface area contributed by atoms with E-state index in [0.717, 1.165) is 5.56 Å². The van der Waals surface area contributed by atoms with Crippen LogP contribution in [0.1, 0.15) is 12.5 Å². The molecule has 5 heteroatoms. The summed E-state index contributed by atoms with van der Waals surface area (Å²) in [5, 5.41) is 0. The van der Waals surface area contributed by atoms with E-state index >= 15 is 0 Å². The minimum absolute atomic E-state index is 0.282. The molecule has 1 rings (SSSR count). The molecule has 1 N–H and O–H groups in total. The SMILES string of the molecule is CCNS(=O)(=O)c1ccc(C)cc1Br. The van der Waals surface area contributed by atoms with Crippen LogP contribution in [0.25, 0.3) is 0 Å². The lowest BCUT2D eigenvalue weighted by molar-refractivity contribution is 0.583. The summed E-state index contributed by atoms with van der Waals surface area (Å²) >= 11 is 3.23. The second kappa shape index (κ2) is 4.42. The van der Waals surface area contributed by atoms with Gasteiger partial charge in [-0.05, 0) is 40.5 Å². The highest BCUT2D eigenvalue weighted by Gasteiger charge is 2.15. The summed E-state index contributed by atoms with van der Waals surface area (Å²) in [7, 11) is -3.35. The Morgan fingerprint density at radius 3 is 2.57 bits per heavy atom. The Bertz CT molecular complexity index is 428. The van der Waals surface area contributed by atoms with Gasteiger partial charge in [0.25, 0.3) is 0 Å². The third kappa shape index (κ3) is 2.56. The quantitative estimate of drug-likeness (QED) is 0.919. The van der Waals surface area contributed by atoms with E-state index in [9.17, 15) is 8.42 Å². The Labute approximate surface area is 92.7 Å². The van der Waals surface area contributed by atoms with Crippen LogP contribution < -0.4 is 4.72 Å². The normalized spacial score (nSPS) is 11.6. The molecular formula is C9H12BrNO2S. The Morgan fingerprint density at radius 2 is 2.07 bits per heavy atom. The van der Waals surface area contributed by atoms with Gasteiger partial charge in [0.05, 0.1) is 4.90 Å². The first-order chi connectivity index (χ1) is 6.47. The summed E-state index contributed by atoms with van der Waals surface area (Å²) < 4.78 is 26.3. The summed E-state index contributed by atoms with van der Waals surface area (Å²) in [6.45, 7) is 4.05. The molecule has 0 aliphatic rings. The van der Waals surface area contributed by atoms with Crippen molar-refractivity contribution in [3.63, 3.8) is 0 Å². The molecule has 0 spiro atoms. The summed E-state index contributed by atoms with van der Waals surface area (Å²) in [4.78, 5) is 0.282. The van der Waals surface area contributed by atoms with Gasteiger partial charge in [-0.3, -0.25) is 0 Å². The van der Waals surface area contributed by atoms with Gasteiger partial charge < -0.3 is 0 Å². The number of hydrogen-bond acceptors (Lipinski definition) is 2. The first kappa shape index (κ1) is 11.7. The van der Waals surface area contributed by atoms with Crippen molar-refractivity contribution in [1.29, 1.82) is 0 Å². The largest absolute Gasteiger partial charge is 0.241 e.